The second-order valence-electron chi connectivity index (χ2n) is 7.28. The summed E-state index contributed by atoms with van der Waals surface area (Å²) in [5.41, 5.74) is 2.33. The molecule has 2 heterocycles. The molecule has 0 bridgehead atoms. The zero-order valence-electron chi connectivity index (χ0n) is 17.1. The van der Waals surface area contributed by atoms with Gasteiger partial charge in [0.25, 0.3) is 0 Å². The van der Waals surface area contributed by atoms with E-state index in [-0.39, 0.29) is 0 Å². The summed E-state index contributed by atoms with van der Waals surface area (Å²) in [7, 11) is 5.56. The molecule has 0 atom stereocenters. The smallest absolute Gasteiger partial charge is 0.161 e. The number of thiophene rings is 1. The summed E-state index contributed by atoms with van der Waals surface area (Å²) in [6, 6.07) is 8.44. The number of unbranched alkanes of at least 4 members (excludes halogenated alkanes) is 1. The molecule has 0 aliphatic carbocycles. The van der Waals surface area contributed by atoms with Gasteiger partial charge in [-0.3, -0.25) is 0 Å². The van der Waals surface area contributed by atoms with Gasteiger partial charge < -0.3 is 19.3 Å². The van der Waals surface area contributed by atoms with Gasteiger partial charge in [0.15, 0.2) is 11.5 Å². The fourth-order valence-corrected chi connectivity index (χ4v) is 4.76. The number of fused-ring (bicyclic) bond motifs is 1. The summed E-state index contributed by atoms with van der Waals surface area (Å²) >= 11 is 7.57. The lowest BCUT2D eigenvalue weighted by Crippen LogP contribution is -2.28. The molecule has 0 saturated carbocycles. The second kappa shape index (κ2) is 10.2. The number of thiocarbonyl (C=S) groups is 1. The first kappa shape index (κ1) is 21.1. The zero-order chi connectivity index (χ0) is 19.9. The minimum absolute atomic E-state index is 0.743. The summed E-state index contributed by atoms with van der Waals surface area (Å²) in [6.07, 6.45) is 4.84. The molecule has 152 valence electrons. The van der Waals surface area contributed by atoms with Crippen LogP contribution in [0.2, 0.25) is 0 Å². The molecule has 0 N–H and O–H groups in total. The number of rotatable bonds is 11. The first-order valence-corrected chi connectivity index (χ1v) is 11.2. The highest BCUT2D eigenvalue weighted by Crippen LogP contribution is 2.35. The Morgan fingerprint density at radius 3 is 2.57 bits per heavy atom. The maximum absolute atomic E-state index is 5.70. The van der Waals surface area contributed by atoms with Crippen LogP contribution in [0.1, 0.15) is 35.3 Å². The van der Waals surface area contributed by atoms with Crippen LogP contribution in [0.25, 0.3) is 0 Å². The van der Waals surface area contributed by atoms with Crippen molar-refractivity contribution in [2.24, 2.45) is 0 Å². The molecule has 1 aromatic heterocycles. The molecule has 0 saturated heterocycles. The van der Waals surface area contributed by atoms with Gasteiger partial charge in [-0.05, 0) is 75.0 Å². The van der Waals surface area contributed by atoms with Gasteiger partial charge in [0.1, 0.15) is 4.99 Å². The Hall–Kier alpha value is -1.63. The highest BCUT2D eigenvalue weighted by atomic mass is 32.1. The molecule has 28 heavy (non-hydrogen) atoms. The Bertz CT molecular complexity index is 777. The molecule has 2 aromatic rings. The minimum atomic E-state index is 0.743. The standard InChI is InChI=1S/C22H30N2O2S2/c1-23(10-5-4-8-18-9-6-13-28-18)11-7-12-24-16-17-14-20(25-2)21(26-3)15-19(17)22(24)27/h6,9,13-15H,4-5,7-8,10-12,16H2,1-3H3. The highest BCUT2D eigenvalue weighted by molar-refractivity contribution is 7.80. The molecular formula is C22H30N2O2S2. The number of hydrogen-bond acceptors (Lipinski definition) is 5. The zero-order valence-corrected chi connectivity index (χ0v) is 18.7. The van der Waals surface area contributed by atoms with Gasteiger partial charge in [-0.1, -0.05) is 18.3 Å². The van der Waals surface area contributed by atoms with Gasteiger partial charge in [0, 0.05) is 23.5 Å². The summed E-state index contributed by atoms with van der Waals surface area (Å²) in [6.45, 7) is 4.10. The maximum Gasteiger partial charge on any atom is 0.161 e. The first-order valence-electron chi connectivity index (χ1n) is 9.87. The van der Waals surface area contributed by atoms with Crippen molar-refractivity contribution in [3.05, 3.63) is 45.6 Å². The van der Waals surface area contributed by atoms with Gasteiger partial charge in [0.2, 0.25) is 0 Å². The highest BCUT2D eigenvalue weighted by Gasteiger charge is 2.26. The van der Waals surface area contributed by atoms with Crippen LogP contribution in [-0.4, -0.2) is 55.7 Å². The molecule has 4 nitrogen and oxygen atoms in total. The summed E-state index contributed by atoms with van der Waals surface area (Å²) in [4.78, 5) is 7.16. The molecule has 0 spiro atoms. The van der Waals surface area contributed by atoms with Crippen molar-refractivity contribution >= 4 is 28.5 Å². The molecule has 1 aliphatic rings. The van der Waals surface area contributed by atoms with Crippen LogP contribution >= 0.6 is 23.6 Å². The van der Waals surface area contributed by atoms with Crippen molar-refractivity contribution in [1.82, 2.24) is 9.80 Å². The number of methoxy groups -OCH3 is 2. The van der Waals surface area contributed by atoms with E-state index < -0.39 is 0 Å². The molecule has 1 aliphatic heterocycles. The van der Waals surface area contributed by atoms with E-state index in [2.05, 4.69) is 40.4 Å². The number of hydrogen-bond donors (Lipinski definition) is 0. The molecule has 0 unspecified atom stereocenters. The monoisotopic (exact) mass is 418 g/mol. The van der Waals surface area contributed by atoms with E-state index >= 15 is 0 Å². The van der Waals surface area contributed by atoms with Gasteiger partial charge in [-0.2, -0.15) is 0 Å². The summed E-state index contributed by atoms with van der Waals surface area (Å²) in [5.74, 6) is 1.51. The molecule has 6 heteroatoms. The van der Waals surface area contributed by atoms with Gasteiger partial charge in [-0.15, -0.1) is 11.3 Å². The van der Waals surface area contributed by atoms with E-state index in [9.17, 15) is 0 Å². The van der Waals surface area contributed by atoms with Crippen molar-refractivity contribution in [2.75, 3.05) is 40.9 Å². The molecule has 0 amide bonds. The number of aryl methyl sites for hydroxylation is 1. The van der Waals surface area contributed by atoms with Crippen molar-refractivity contribution in [1.29, 1.82) is 0 Å². The molecule has 0 radical (unpaired) electrons. The predicted octanol–water partition coefficient (Wildman–Crippen LogP) is 4.60. The second-order valence-corrected chi connectivity index (χ2v) is 8.70. The van der Waals surface area contributed by atoms with E-state index in [1.54, 1.807) is 14.2 Å². The van der Waals surface area contributed by atoms with E-state index in [1.807, 2.05) is 17.4 Å². The van der Waals surface area contributed by atoms with E-state index in [1.165, 1.54) is 29.7 Å². The first-order chi connectivity index (χ1) is 13.6. The lowest BCUT2D eigenvalue weighted by Gasteiger charge is -2.21. The predicted molar refractivity (Wildman–Crippen MR) is 121 cm³/mol. The number of nitrogens with zero attached hydrogens (tertiary/aromatic N) is 2. The average Bonchev–Trinajstić information content (AvgIpc) is 3.32. The van der Waals surface area contributed by atoms with Crippen molar-refractivity contribution in [2.45, 2.75) is 32.2 Å². The fraction of sp³-hybridized carbons (Fsp3) is 0.500. The topological polar surface area (TPSA) is 24.9 Å². The summed E-state index contributed by atoms with van der Waals surface area (Å²) in [5, 5.41) is 2.16. The largest absolute Gasteiger partial charge is 0.493 e. The van der Waals surface area contributed by atoms with Crippen LogP contribution in [0.5, 0.6) is 11.5 Å². The van der Waals surface area contributed by atoms with Crippen LogP contribution in [0.15, 0.2) is 29.6 Å². The van der Waals surface area contributed by atoms with Gasteiger partial charge >= 0.3 is 0 Å². The molecule has 1 aromatic carbocycles. The molecule has 0 fully saturated rings. The van der Waals surface area contributed by atoms with Crippen molar-refractivity contribution in [3.63, 3.8) is 0 Å². The molecular weight excluding hydrogens is 388 g/mol. The van der Waals surface area contributed by atoms with Crippen LogP contribution in [0.3, 0.4) is 0 Å². The Morgan fingerprint density at radius 1 is 1.11 bits per heavy atom. The Balaban J connectivity index is 1.39. The van der Waals surface area contributed by atoms with Crippen LogP contribution in [0, 0.1) is 0 Å². The van der Waals surface area contributed by atoms with Crippen LogP contribution in [0.4, 0.5) is 0 Å². The van der Waals surface area contributed by atoms with E-state index in [0.717, 1.165) is 54.7 Å². The van der Waals surface area contributed by atoms with Gasteiger partial charge in [-0.25, -0.2) is 0 Å². The quantitative estimate of drug-likeness (QED) is 0.392. The van der Waals surface area contributed by atoms with E-state index in [4.69, 9.17) is 21.7 Å². The SMILES string of the molecule is COc1cc2c(cc1OC)C(=S)N(CCCN(C)CCCCc1cccs1)C2. The maximum atomic E-state index is 5.70. The lowest BCUT2D eigenvalue weighted by molar-refractivity contribution is 0.301. The number of ether oxygens (including phenoxy) is 2. The van der Waals surface area contributed by atoms with Crippen molar-refractivity contribution in [3.8, 4) is 11.5 Å². The van der Waals surface area contributed by atoms with Crippen LogP contribution < -0.4 is 9.47 Å². The fourth-order valence-electron chi connectivity index (χ4n) is 3.66. The minimum Gasteiger partial charge on any atom is -0.493 e. The van der Waals surface area contributed by atoms with E-state index in [0.29, 0.717) is 0 Å². The molecule has 3 rings (SSSR count). The Morgan fingerprint density at radius 2 is 1.86 bits per heavy atom. The summed E-state index contributed by atoms with van der Waals surface area (Å²) < 4.78 is 10.8. The van der Waals surface area contributed by atoms with Crippen molar-refractivity contribution < 1.29 is 9.47 Å². The third-order valence-corrected chi connectivity index (χ3v) is 6.66. The van der Waals surface area contributed by atoms with Gasteiger partial charge in [0.05, 0.1) is 14.2 Å². The Kier molecular flexibility index (Phi) is 7.71. The normalized spacial score (nSPS) is 13.3. The lowest BCUT2D eigenvalue weighted by atomic mass is 10.1. The third-order valence-electron chi connectivity index (χ3n) is 5.25. The average molecular weight is 419 g/mol. The van der Waals surface area contributed by atoms with Crippen LogP contribution in [-0.2, 0) is 13.0 Å². The number of benzene rings is 1. The third kappa shape index (κ3) is 5.25. The Labute approximate surface area is 178 Å².